The van der Waals surface area contributed by atoms with Crippen LogP contribution < -0.4 is 5.32 Å². The van der Waals surface area contributed by atoms with E-state index in [1.807, 2.05) is 107 Å². The van der Waals surface area contributed by atoms with Crippen molar-refractivity contribution in [2.24, 2.45) is 5.92 Å². The first-order chi connectivity index (χ1) is 16.2. The van der Waals surface area contributed by atoms with Gasteiger partial charge in [-0.15, -0.1) is 0 Å². The van der Waals surface area contributed by atoms with Gasteiger partial charge in [-0.3, -0.25) is 9.59 Å². The van der Waals surface area contributed by atoms with Crippen molar-refractivity contribution in [2.75, 3.05) is 0 Å². The summed E-state index contributed by atoms with van der Waals surface area (Å²) in [7, 11) is 0. The molecule has 3 atom stereocenters. The molecule has 34 heavy (non-hydrogen) atoms. The van der Waals surface area contributed by atoms with Crippen molar-refractivity contribution >= 4 is 11.8 Å². The molecule has 0 radical (unpaired) electrons. The largest absolute Gasteiger partial charge is 0.350 e. The van der Waals surface area contributed by atoms with E-state index in [1.165, 1.54) is 0 Å². The van der Waals surface area contributed by atoms with E-state index >= 15 is 0 Å². The Morgan fingerprint density at radius 2 is 1.29 bits per heavy atom. The third-order valence-electron chi connectivity index (χ3n) is 5.96. The zero-order valence-corrected chi connectivity index (χ0v) is 20.9. The van der Waals surface area contributed by atoms with E-state index in [0.717, 1.165) is 11.1 Å². The molecular weight excluding hydrogens is 420 g/mol. The second kappa shape index (κ2) is 11.1. The average Bonchev–Trinajstić information content (AvgIpc) is 2.82. The highest BCUT2D eigenvalue weighted by atomic mass is 16.2. The molecule has 0 bridgehead atoms. The number of rotatable bonds is 8. The van der Waals surface area contributed by atoms with Crippen LogP contribution in [0.15, 0.2) is 91.0 Å². The van der Waals surface area contributed by atoms with Gasteiger partial charge in [0.1, 0.15) is 6.04 Å². The van der Waals surface area contributed by atoms with Crippen LogP contribution in [0.2, 0.25) is 0 Å². The van der Waals surface area contributed by atoms with E-state index in [0.29, 0.717) is 12.0 Å². The summed E-state index contributed by atoms with van der Waals surface area (Å²) in [4.78, 5) is 29.5. The zero-order chi connectivity index (χ0) is 24.7. The number of nitrogens with one attached hydrogen (secondary N) is 1. The maximum absolute atomic E-state index is 14.0. The molecule has 3 aromatic rings. The minimum absolute atomic E-state index is 0.108. The monoisotopic (exact) mass is 456 g/mol. The number of hydrogen-bond donors (Lipinski definition) is 1. The lowest BCUT2D eigenvalue weighted by Gasteiger charge is -2.40. The van der Waals surface area contributed by atoms with Gasteiger partial charge in [-0.05, 0) is 63.3 Å². The fraction of sp³-hybridized carbons (Fsp3) is 0.333. The van der Waals surface area contributed by atoms with Gasteiger partial charge in [-0.25, -0.2) is 0 Å². The van der Waals surface area contributed by atoms with Crippen LogP contribution in [0.25, 0.3) is 0 Å². The normalized spacial score (nSPS) is 14.0. The highest BCUT2D eigenvalue weighted by Crippen LogP contribution is 2.30. The van der Waals surface area contributed by atoms with Crippen LogP contribution in [0.5, 0.6) is 0 Å². The van der Waals surface area contributed by atoms with Crippen LogP contribution in [0, 0.1) is 5.92 Å². The number of nitrogens with zero attached hydrogens (tertiary/aromatic N) is 1. The Balaban J connectivity index is 2.08. The van der Waals surface area contributed by atoms with Crippen LogP contribution in [0.4, 0.5) is 0 Å². The summed E-state index contributed by atoms with van der Waals surface area (Å²) < 4.78 is 0. The molecule has 0 unspecified atom stereocenters. The molecule has 3 rings (SSSR count). The second-order valence-corrected chi connectivity index (χ2v) is 10.0. The molecule has 178 valence electrons. The number of amides is 2. The first-order valence-corrected chi connectivity index (χ1v) is 12.0. The Hall–Kier alpha value is -3.40. The first-order valence-electron chi connectivity index (χ1n) is 12.0. The first kappa shape index (κ1) is 25.2. The van der Waals surface area contributed by atoms with Gasteiger partial charge >= 0.3 is 0 Å². The number of benzene rings is 3. The average molecular weight is 457 g/mol. The van der Waals surface area contributed by atoms with Crippen LogP contribution in [0.3, 0.4) is 0 Å². The van der Waals surface area contributed by atoms with Gasteiger partial charge in [-0.2, -0.15) is 0 Å². The lowest BCUT2D eigenvalue weighted by molar-refractivity contribution is -0.129. The Kier molecular flexibility index (Phi) is 8.27. The molecule has 0 aromatic heterocycles. The van der Waals surface area contributed by atoms with Crippen molar-refractivity contribution < 1.29 is 9.59 Å². The third-order valence-corrected chi connectivity index (χ3v) is 5.96. The smallest absolute Gasteiger partial charge is 0.255 e. The molecule has 0 aliphatic rings. The summed E-state index contributed by atoms with van der Waals surface area (Å²) in [5.74, 6) is -0.391. The van der Waals surface area contributed by atoms with E-state index in [4.69, 9.17) is 0 Å². The van der Waals surface area contributed by atoms with Crippen molar-refractivity contribution in [1.82, 2.24) is 10.2 Å². The fourth-order valence-electron chi connectivity index (χ4n) is 4.37. The molecular formula is C30H36N2O2. The predicted octanol–water partition coefficient (Wildman–Crippen LogP) is 6.05. The molecule has 3 aromatic carbocycles. The van der Waals surface area contributed by atoms with Crippen molar-refractivity contribution in [3.05, 3.63) is 108 Å². The van der Waals surface area contributed by atoms with E-state index in [9.17, 15) is 9.59 Å². The number of carbonyl (C=O) groups is 2. The highest BCUT2D eigenvalue weighted by Gasteiger charge is 2.39. The van der Waals surface area contributed by atoms with Gasteiger partial charge in [0.05, 0.1) is 6.04 Å². The van der Waals surface area contributed by atoms with Crippen LogP contribution in [-0.2, 0) is 11.2 Å². The van der Waals surface area contributed by atoms with Crippen LogP contribution >= 0.6 is 0 Å². The maximum atomic E-state index is 14.0. The molecule has 0 fully saturated rings. The lowest BCUT2D eigenvalue weighted by Crippen LogP contribution is -2.57. The standard InChI is InChI=1S/C30H36N2O2/c1-22(21-24-15-9-6-10-16-24)27(28(33)31-30(3,4)5)32(23(2)25-17-11-7-12-18-25)29(34)26-19-13-8-14-20-26/h6-20,22-23,27H,21H2,1-5H3,(H,31,33)/t22-,23+,27+/m0/s1. The molecule has 0 saturated carbocycles. The van der Waals surface area contributed by atoms with E-state index < -0.39 is 11.6 Å². The van der Waals surface area contributed by atoms with E-state index in [1.54, 1.807) is 4.90 Å². The van der Waals surface area contributed by atoms with Gasteiger partial charge in [0.15, 0.2) is 0 Å². The molecule has 0 saturated heterocycles. The molecule has 4 nitrogen and oxygen atoms in total. The highest BCUT2D eigenvalue weighted by molar-refractivity contribution is 5.98. The van der Waals surface area contributed by atoms with Gasteiger partial charge < -0.3 is 10.2 Å². The molecule has 0 heterocycles. The van der Waals surface area contributed by atoms with Crippen LogP contribution in [0.1, 0.15) is 62.1 Å². The molecule has 0 aliphatic heterocycles. The van der Waals surface area contributed by atoms with E-state index in [2.05, 4.69) is 24.4 Å². The van der Waals surface area contributed by atoms with Crippen LogP contribution in [-0.4, -0.2) is 28.3 Å². The maximum Gasteiger partial charge on any atom is 0.255 e. The Morgan fingerprint density at radius 1 is 0.794 bits per heavy atom. The summed E-state index contributed by atoms with van der Waals surface area (Å²) in [6, 6.07) is 28.3. The summed E-state index contributed by atoms with van der Waals surface area (Å²) in [5.41, 5.74) is 2.29. The predicted molar refractivity (Wildman–Crippen MR) is 138 cm³/mol. The SMILES string of the molecule is C[C@H](c1ccccc1)N(C(=O)c1ccccc1)[C@@H](C(=O)NC(C)(C)C)[C@@H](C)Cc1ccccc1. The molecule has 0 spiro atoms. The molecule has 4 heteroatoms. The van der Waals surface area contributed by atoms with Gasteiger partial charge in [0, 0.05) is 11.1 Å². The third kappa shape index (κ3) is 6.57. The summed E-state index contributed by atoms with van der Waals surface area (Å²) in [5, 5.41) is 3.15. The summed E-state index contributed by atoms with van der Waals surface area (Å²) in [6.45, 7) is 9.96. The van der Waals surface area contributed by atoms with Crippen molar-refractivity contribution in [3.63, 3.8) is 0 Å². The van der Waals surface area contributed by atoms with Crippen molar-refractivity contribution in [3.8, 4) is 0 Å². The summed E-state index contributed by atoms with van der Waals surface area (Å²) in [6.07, 6.45) is 0.684. The second-order valence-electron chi connectivity index (χ2n) is 10.0. The van der Waals surface area contributed by atoms with Gasteiger partial charge in [0.2, 0.25) is 5.91 Å². The summed E-state index contributed by atoms with van der Waals surface area (Å²) >= 11 is 0. The van der Waals surface area contributed by atoms with Crippen molar-refractivity contribution in [2.45, 2.75) is 58.7 Å². The number of carbonyl (C=O) groups excluding carboxylic acids is 2. The quantitative estimate of drug-likeness (QED) is 0.448. The minimum Gasteiger partial charge on any atom is -0.350 e. The number of hydrogen-bond acceptors (Lipinski definition) is 2. The zero-order valence-electron chi connectivity index (χ0n) is 20.9. The molecule has 0 aliphatic carbocycles. The van der Waals surface area contributed by atoms with Crippen molar-refractivity contribution in [1.29, 1.82) is 0 Å². The molecule has 2 amide bonds. The fourth-order valence-corrected chi connectivity index (χ4v) is 4.37. The molecule has 1 N–H and O–H groups in total. The Labute approximate surface area is 204 Å². The minimum atomic E-state index is -0.651. The topological polar surface area (TPSA) is 49.4 Å². The lowest BCUT2D eigenvalue weighted by atomic mass is 9.89. The Bertz CT molecular complexity index is 1060. The van der Waals surface area contributed by atoms with Gasteiger partial charge in [0.25, 0.3) is 5.91 Å². The Morgan fingerprint density at radius 3 is 1.82 bits per heavy atom. The van der Waals surface area contributed by atoms with Gasteiger partial charge in [-0.1, -0.05) is 85.8 Å². The van der Waals surface area contributed by atoms with E-state index in [-0.39, 0.29) is 23.8 Å².